The molecule has 0 aromatic carbocycles. The molecule has 8 heteroatoms. The van der Waals surface area contributed by atoms with E-state index in [4.69, 9.17) is 0 Å². The van der Waals surface area contributed by atoms with E-state index in [0.717, 1.165) is 17.6 Å². The van der Waals surface area contributed by atoms with Gasteiger partial charge in [-0.1, -0.05) is 0 Å². The van der Waals surface area contributed by atoms with Crippen molar-refractivity contribution in [3.05, 3.63) is 10.3 Å². The topological polar surface area (TPSA) is 76.0 Å². The minimum Gasteiger partial charge on any atom is -0.465 e. The van der Waals surface area contributed by atoms with E-state index in [0.29, 0.717) is 0 Å². The van der Waals surface area contributed by atoms with Crippen molar-refractivity contribution in [2.45, 2.75) is 4.90 Å². The molecule has 6 nitrogen and oxygen atoms in total. The summed E-state index contributed by atoms with van der Waals surface area (Å²) in [6.45, 7) is 0. The van der Waals surface area contributed by atoms with Gasteiger partial charge in [-0.15, -0.1) is 11.3 Å². The third kappa shape index (κ3) is 3.30. The Hall–Kier alpha value is -1.41. The molecule has 0 aliphatic heterocycles. The molecule has 0 aliphatic carbocycles. The molecule has 0 amide bonds. The van der Waals surface area contributed by atoms with E-state index in [1.165, 1.54) is 18.8 Å². The van der Waals surface area contributed by atoms with Crippen LogP contribution in [0.2, 0.25) is 0 Å². The van der Waals surface area contributed by atoms with Crippen molar-refractivity contribution in [3.8, 4) is 0 Å². The van der Waals surface area contributed by atoms with Crippen LogP contribution in [0.5, 0.6) is 0 Å². The van der Waals surface area contributed by atoms with Crippen LogP contribution in [-0.4, -0.2) is 53.1 Å². The molecular formula is C10H14N2O4S2. The summed E-state index contributed by atoms with van der Waals surface area (Å²) < 4.78 is 27.8. The highest BCUT2D eigenvalue weighted by Gasteiger charge is 2.23. The first-order valence-electron chi connectivity index (χ1n) is 4.88. The van der Waals surface area contributed by atoms with Gasteiger partial charge in [0.1, 0.15) is 15.5 Å². The van der Waals surface area contributed by atoms with Gasteiger partial charge in [0.2, 0.25) is 0 Å². The average molecular weight is 290 g/mol. The first kappa shape index (κ1) is 14.7. The maximum atomic E-state index is 11.6. The van der Waals surface area contributed by atoms with Gasteiger partial charge in [-0.3, -0.25) is 0 Å². The molecule has 1 rings (SSSR count). The highest BCUT2D eigenvalue weighted by Crippen LogP contribution is 2.34. The highest BCUT2D eigenvalue weighted by molar-refractivity contribution is 7.91. The summed E-state index contributed by atoms with van der Waals surface area (Å²) in [5, 5.41) is 1.39. The molecule has 0 saturated heterocycles. The number of sulfone groups is 1. The average Bonchev–Trinajstić information content (AvgIpc) is 2.68. The molecule has 0 spiro atoms. The quantitative estimate of drug-likeness (QED) is 0.472. The molecule has 0 bridgehead atoms. The first-order chi connectivity index (χ1) is 8.27. The predicted octanol–water partition coefficient (Wildman–Crippen LogP) is 1.16. The smallest absolute Gasteiger partial charge is 0.350 e. The van der Waals surface area contributed by atoms with Gasteiger partial charge in [0.15, 0.2) is 9.84 Å². The van der Waals surface area contributed by atoms with E-state index in [9.17, 15) is 13.2 Å². The Balaban J connectivity index is 3.40. The van der Waals surface area contributed by atoms with Gasteiger partial charge in [0.25, 0.3) is 0 Å². The number of esters is 1. The lowest BCUT2D eigenvalue weighted by molar-refractivity contribution is 0.0607. The molecule has 0 aliphatic rings. The van der Waals surface area contributed by atoms with Crippen LogP contribution in [-0.2, 0) is 14.6 Å². The van der Waals surface area contributed by atoms with E-state index in [1.54, 1.807) is 19.0 Å². The zero-order valence-electron chi connectivity index (χ0n) is 10.5. The van der Waals surface area contributed by atoms with Gasteiger partial charge in [0, 0.05) is 25.7 Å². The van der Waals surface area contributed by atoms with Crippen molar-refractivity contribution < 1.29 is 17.9 Å². The molecule has 0 N–H and O–H groups in total. The van der Waals surface area contributed by atoms with Crippen LogP contribution >= 0.6 is 11.3 Å². The van der Waals surface area contributed by atoms with Crippen molar-refractivity contribution in [1.29, 1.82) is 0 Å². The molecule has 0 atom stereocenters. The predicted molar refractivity (Wildman–Crippen MR) is 70.6 cm³/mol. The number of aliphatic imine (C=N–C) groups is 1. The second-order valence-electron chi connectivity index (χ2n) is 3.75. The monoisotopic (exact) mass is 290 g/mol. The van der Waals surface area contributed by atoms with Crippen molar-refractivity contribution in [1.82, 2.24) is 4.90 Å². The van der Waals surface area contributed by atoms with Gasteiger partial charge < -0.3 is 9.64 Å². The van der Waals surface area contributed by atoms with Crippen LogP contribution in [0.4, 0.5) is 5.69 Å². The molecule has 0 saturated carbocycles. The third-order valence-electron chi connectivity index (χ3n) is 1.92. The largest absolute Gasteiger partial charge is 0.465 e. The fourth-order valence-electron chi connectivity index (χ4n) is 1.13. The SMILES string of the molecule is COC(=O)c1scc(S(C)(=O)=O)c1N=CN(C)C. The standard InChI is InChI=1S/C10H14N2O4S2/c1-12(2)6-11-8-7(18(4,14)15)5-17-9(8)10(13)16-3/h5-6H,1-4H3. The van der Waals surface area contributed by atoms with Gasteiger partial charge >= 0.3 is 5.97 Å². The summed E-state index contributed by atoms with van der Waals surface area (Å²) in [6.07, 6.45) is 2.51. The third-order valence-corrected chi connectivity index (χ3v) is 4.13. The highest BCUT2D eigenvalue weighted by atomic mass is 32.2. The molecule has 1 aromatic heterocycles. The summed E-state index contributed by atoms with van der Waals surface area (Å²) in [5.74, 6) is -0.596. The van der Waals surface area contributed by atoms with E-state index < -0.39 is 15.8 Å². The molecule has 100 valence electrons. The molecule has 18 heavy (non-hydrogen) atoms. The number of hydrogen-bond donors (Lipinski definition) is 0. The van der Waals surface area contributed by atoms with E-state index in [-0.39, 0.29) is 15.5 Å². The second kappa shape index (κ2) is 5.49. The molecule has 1 heterocycles. The lowest BCUT2D eigenvalue weighted by Crippen LogP contribution is -2.08. The van der Waals surface area contributed by atoms with E-state index in [2.05, 4.69) is 9.73 Å². The number of rotatable bonds is 4. The minimum absolute atomic E-state index is 0.0333. The zero-order valence-corrected chi connectivity index (χ0v) is 12.1. The molecule has 1 aromatic rings. The summed E-state index contributed by atoms with van der Waals surface area (Å²) >= 11 is 1.00. The fraction of sp³-hybridized carbons (Fsp3) is 0.400. The van der Waals surface area contributed by atoms with Gasteiger partial charge in [-0.2, -0.15) is 0 Å². The molecule has 0 unspecified atom stereocenters. The number of nitrogens with zero attached hydrogens (tertiary/aromatic N) is 2. The number of hydrogen-bond acceptors (Lipinski definition) is 6. The maximum absolute atomic E-state index is 11.6. The van der Waals surface area contributed by atoms with Crippen molar-refractivity contribution in [2.75, 3.05) is 27.5 Å². The van der Waals surface area contributed by atoms with Crippen LogP contribution in [0, 0.1) is 0 Å². The van der Waals surface area contributed by atoms with Crippen molar-refractivity contribution in [3.63, 3.8) is 0 Å². The van der Waals surface area contributed by atoms with E-state index in [1.807, 2.05) is 0 Å². The number of ether oxygens (including phenoxy) is 1. The lowest BCUT2D eigenvalue weighted by atomic mass is 10.4. The van der Waals surface area contributed by atoms with Gasteiger partial charge in [-0.25, -0.2) is 18.2 Å². The summed E-state index contributed by atoms with van der Waals surface area (Å²) in [4.78, 5) is 17.4. The molecule has 0 radical (unpaired) electrons. The van der Waals surface area contributed by atoms with Crippen LogP contribution in [0.25, 0.3) is 0 Å². The normalized spacial score (nSPS) is 11.8. The Kier molecular flexibility index (Phi) is 4.47. The summed E-state index contributed by atoms with van der Waals surface area (Å²) in [6, 6.07) is 0. The number of carbonyl (C=O) groups is 1. The van der Waals surface area contributed by atoms with Gasteiger partial charge in [-0.05, 0) is 0 Å². The molecule has 0 fully saturated rings. The van der Waals surface area contributed by atoms with Crippen LogP contribution < -0.4 is 0 Å². The van der Waals surface area contributed by atoms with Crippen LogP contribution in [0.15, 0.2) is 15.3 Å². The number of thiophene rings is 1. The fourth-order valence-corrected chi connectivity index (χ4v) is 3.34. The Bertz CT molecular complexity index is 573. The maximum Gasteiger partial charge on any atom is 0.350 e. The Morgan fingerprint density at radius 1 is 1.50 bits per heavy atom. The second-order valence-corrected chi connectivity index (χ2v) is 6.61. The lowest BCUT2D eigenvalue weighted by Gasteiger charge is -2.04. The minimum atomic E-state index is -3.43. The zero-order chi connectivity index (χ0) is 13.9. The van der Waals surface area contributed by atoms with Gasteiger partial charge in [0.05, 0.1) is 13.4 Å². The Morgan fingerprint density at radius 3 is 2.56 bits per heavy atom. The van der Waals surface area contributed by atoms with Crippen molar-refractivity contribution in [2.24, 2.45) is 4.99 Å². The number of methoxy groups -OCH3 is 1. The first-order valence-corrected chi connectivity index (χ1v) is 7.65. The van der Waals surface area contributed by atoms with Crippen LogP contribution in [0.1, 0.15) is 9.67 Å². The van der Waals surface area contributed by atoms with E-state index >= 15 is 0 Å². The summed E-state index contributed by atoms with van der Waals surface area (Å²) in [7, 11) is 1.29. The Morgan fingerprint density at radius 2 is 2.11 bits per heavy atom. The van der Waals surface area contributed by atoms with Crippen LogP contribution in [0.3, 0.4) is 0 Å². The Labute approximate surface area is 110 Å². The molecular weight excluding hydrogens is 276 g/mol. The summed E-state index contributed by atoms with van der Waals surface area (Å²) in [5.41, 5.74) is 0.128. The van der Waals surface area contributed by atoms with Crippen molar-refractivity contribution >= 4 is 39.2 Å². The number of carbonyl (C=O) groups excluding carboxylic acids is 1.